The molecule has 0 fully saturated rings. The van der Waals surface area contributed by atoms with Crippen LogP contribution in [0, 0.1) is 23.0 Å². The number of amides is 1. The van der Waals surface area contributed by atoms with Gasteiger partial charge in [0.2, 0.25) is 5.91 Å². The van der Waals surface area contributed by atoms with Crippen LogP contribution in [0.25, 0.3) is 6.08 Å². The average molecular weight is 724 g/mol. The highest BCUT2D eigenvalue weighted by Crippen LogP contribution is 2.20. The summed E-state index contributed by atoms with van der Waals surface area (Å²) >= 11 is 0. The van der Waals surface area contributed by atoms with Crippen molar-refractivity contribution in [2.45, 2.75) is 144 Å². The van der Waals surface area contributed by atoms with Gasteiger partial charge >= 0.3 is 5.97 Å². The van der Waals surface area contributed by atoms with Crippen LogP contribution in [0.1, 0.15) is 140 Å². The van der Waals surface area contributed by atoms with Crippen molar-refractivity contribution < 1.29 is 24.3 Å². The average Bonchev–Trinajstić information content (AvgIpc) is 3.50. The first kappa shape index (κ1) is 47.9. The summed E-state index contributed by atoms with van der Waals surface area (Å²) in [5.41, 5.74) is 4.26. The molecule has 1 amide bonds. The van der Waals surface area contributed by atoms with Crippen molar-refractivity contribution in [1.82, 2.24) is 10.3 Å². The number of hydrogen-bond donors (Lipinski definition) is 2. The molecule has 2 unspecified atom stereocenters. The van der Waals surface area contributed by atoms with Crippen LogP contribution in [0.5, 0.6) is 0 Å². The van der Waals surface area contributed by atoms with Crippen LogP contribution < -0.4 is 5.32 Å². The molecule has 0 radical (unpaired) electrons. The van der Waals surface area contributed by atoms with Crippen molar-refractivity contribution in [1.29, 1.82) is 0 Å². The van der Waals surface area contributed by atoms with Gasteiger partial charge in [0.15, 0.2) is 0 Å². The lowest BCUT2D eigenvalue weighted by Gasteiger charge is -2.18. The summed E-state index contributed by atoms with van der Waals surface area (Å²) in [5.74, 6) is 0.239. The summed E-state index contributed by atoms with van der Waals surface area (Å²) < 4.78 is 5.31. The fraction of sp³-hybridized carbons (Fsp3) is 0.581. The van der Waals surface area contributed by atoms with Gasteiger partial charge in [-0.05, 0) is 81.1 Å². The quantitative estimate of drug-likeness (QED) is 0.0249. The predicted molar refractivity (Wildman–Crippen MR) is 215 cm³/mol. The summed E-state index contributed by atoms with van der Waals surface area (Å²) in [6.07, 6.45) is 26.5. The first-order valence-electron chi connectivity index (χ1n) is 19.6. The van der Waals surface area contributed by atoms with E-state index in [2.05, 4.69) is 65.9 Å². The first-order valence-corrected chi connectivity index (χ1v) is 19.6. The van der Waals surface area contributed by atoms with Crippen molar-refractivity contribution in [3.63, 3.8) is 0 Å². The van der Waals surface area contributed by atoms with Gasteiger partial charge in [-0.2, -0.15) is 0 Å². The van der Waals surface area contributed by atoms with Gasteiger partial charge < -0.3 is 19.9 Å². The summed E-state index contributed by atoms with van der Waals surface area (Å²) in [4.78, 5) is 42.6. The molecule has 0 saturated heterocycles. The summed E-state index contributed by atoms with van der Waals surface area (Å²) in [6.45, 7) is 16.2. The number of carbonyl (C=O) groups is 2. The third-order valence-electron chi connectivity index (χ3n) is 8.68. The number of unbranched alkanes of at least 4 members (excludes halogenated alkanes) is 5. The van der Waals surface area contributed by atoms with Crippen LogP contribution in [0.3, 0.4) is 0 Å². The van der Waals surface area contributed by atoms with Crippen LogP contribution in [-0.2, 0) is 32.0 Å². The summed E-state index contributed by atoms with van der Waals surface area (Å²) in [6, 6.07) is 10.1. The second kappa shape index (κ2) is 32.7. The maximum atomic E-state index is 12.7. The number of aryl methyl sites for hydroxylation is 1. The lowest BCUT2D eigenvalue weighted by Crippen LogP contribution is -2.43. The van der Waals surface area contributed by atoms with Gasteiger partial charge in [-0.3, -0.25) is 4.79 Å². The highest BCUT2D eigenvalue weighted by Gasteiger charge is 2.24. The number of ether oxygens (including phenoxy) is 1. The second-order valence-electron chi connectivity index (χ2n) is 12.7. The number of esters is 1. The third kappa shape index (κ3) is 24.1. The van der Waals surface area contributed by atoms with Gasteiger partial charge in [-0.25, -0.2) is 4.79 Å². The van der Waals surface area contributed by atoms with Crippen LogP contribution in [0.2, 0.25) is 0 Å². The Balaban J connectivity index is 0.00000110. The second-order valence-corrected chi connectivity index (χ2v) is 12.7. The van der Waals surface area contributed by atoms with Crippen LogP contribution in [-0.4, -0.2) is 41.2 Å². The number of allylic oxidation sites excluding steroid dienone is 4. The van der Waals surface area contributed by atoms with Crippen molar-refractivity contribution >= 4 is 18.0 Å². The Morgan fingerprint density at radius 2 is 1.71 bits per heavy atom. The molecule has 2 rings (SSSR count). The van der Waals surface area contributed by atoms with Gasteiger partial charge in [-0.1, -0.05) is 134 Å². The van der Waals surface area contributed by atoms with Crippen LogP contribution in [0.4, 0.5) is 0 Å². The van der Waals surface area contributed by atoms with Crippen molar-refractivity contribution in [2.75, 3.05) is 13.2 Å². The van der Waals surface area contributed by atoms with Gasteiger partial charge in [0, 0.05) is 24.7 Å². The van der Waals surface area contributed by atoms with E-state index in [9.17, 15) is 19.7 Å². The molecule has 0 aliphatic rings. The van der Waals surface area contributed by atoms with Gasteiger partial charge in [0.1, 0.15) is 6.04 Å². The number of aromatic amines is 1. The maximum absolute atomic E-state index is 12.7. The number of nitrogens with zero attached hydrogens (tertiary/aromatic N) is 1. The summed E-state index contributed by atoms with van der Waals surface area (Å²) in [7, 11) is 0. The Bertz CT molecular complexity index is 1270. The fourth-order valence-corrected chi connectivity index (χ4v) is 5.58. The first-order chi connectivity index (χ1) is 25.2. The van der Waals surface area contributed by atoms with E-state index in [0.717, 1.165) is 29.2 Å². The Hall–Kier alpha value is -4.14. The van der Waals surface area contributed by atoms with E-state index in [1.54, 1.807) is 6.08 Å². The molecule has 2 atom stereocenters. The van der Waals surface area contributed by atoms with Gasteiger partial charge in [0.25, 0.3) is 5.09 Å². The number of aromatic nitrogens is 1. The molecule has 2 aromatic rings. The summed E-state index contributed by atoms with van der Waals surface area (Å²) in [5, 5.41) is 12.1. The monoisotopic (exact) mass is 724 g/mol. The zero-order valence-corrected chi connectivity index (χ0v) is 33.1. The molecule has 52 heavy (non-hydrogen) atoms. The number of carbonyl (C=O) groups excluding carboxylic acids is 2. The standard InChI is InChI=1S/C23H33N3O6.C18H30.C2H6/c1-4-6-8-9-13-22(27)25-21(23(28)31-14-10-11-15-32-26(29)30)16-19-17-24-20(18(19)3)12-7-5-2;1-3-5-12-17(4-2)13-8-6-9-14-18-15-10-7-11-16-18;1-2/h4-7,12,17,21,24H,2,8-11,13-16H2,1,3H3,(H,25,27);7,10-11,15-17H,3-6,8-9,12-14H2,1-2H3;1-2H3/b6-4-,12-7-;;. The molecule has 1 aromatic carbocycles. The fourth-order valence-electron chi connectivity index (χ4n) is 5.58. The lowest BCUT2D eigenvalue weighted by atomic mass is 9.93. The Labute approximate surface area is 314 Å². The molecular weight excluding hydrogens is 654 g/mol. The van der Waals surface area contributed by atoms with E-state index in [-0.39, 0.29) is 25.5 Å². The molecule has 2 N–H and O–H groups in total. The van der Waals surface area contributed by atoms with E-state index in [0.29, 0.717) is 25.7 Å². The van der Waals surface area contributed by atoms with E-state index in [1.807, 2.05) is 58.2 Å². The number of hydrogen-bond acceptors (Lipinski definition) is 6. The van der Waals surface area contributed by atoms with Crippen LogP contribution >= 0.6 is 0 Å². The Morgan fingerprint density at radius 3 is 2.37 bits per heavy atom. The number of benzene rings is 1. The SMILES string of the molecule is C=C/C=C\c1[nH]cc(CC(NC(=O)CCC/C=C\C)C(=O)OCCCCO[N+](=O)[O-])c1C.CC.CCCCC(CC)CCCCCc1ccccc1. The molecular formula is C43H69N3O6. The highest BCUT2D eigenvalue weighted by atomic mass is 16.9. The molecule has 9 nitrogen and oxygen atoms in total. The minimum absolute atomic E-state index is 0.0551. The molecule has 0 aliphatic heterocycles. The minimum Gasteiger partial charge on any atom is -0.464 e. The van der Waals surface area contributed by atoms with E-state index >= 15 is 0 Å². The Morgan fingerprint density at radius 1 is 1.00 bits per heavy atom. The molecule has 292 valence electrons. The minimum atomic E-state index is -0.856. The zero-order valence-electron chi connectivity index (χ0n) is 33.1. The molecule has 0 aliphatic carbocycles. The number of nitrogens with one attached hydrogen (secondary N) is 2. The van der Waals surface area contributed by atoms with Crippen molar-refractivity contribution in [2.24, 2.45) is 5.92 Å². The lowest BCUT2D eigenvalue weighted by molar-refractivity contribution is -0.757. The molecule has 0 bridgehead atoms. The third-order valence-corrected chi connectivity index (χ3v) is 8.68. The van der Waals surface area contributed by atoms with Crippen molar-refractivity contribution in [3.05, 3.63) is 99.9 Å². The van der Waals surface area contributed by atoms with Gasteiger partial charge in [0.05, 0.1) is 13.2 Å². The van der Waals surface area contributed by atoms with E-state index in [1.165, 1.54) is 63.4 Å². The van der Waals surface area contributed by atoms with Crippen molar-refractivity contribution in [3.8, 4) is 0 Å². The van der Waals surface area contributed by atoms with E-state index in [4.69, 9.17) is 4.74 Å². The predicted octanol–water partition coefficient (Wildman–Crippen LogP) is 10.9. The Kier molecular flexibility index (Phi) is 30.1. The topological polar surface area (TPSA) is 124 Å². The van der Waals surface area contributed by atoms with Gasteiger partial charge in [-0.15, -0.1) is 10.1 Å². The molecule has 0 spiro atoms. The maximum Gasteiger partial charge on any atom is 0.328 e. The molecule has 1 heterocycles. The largest absolute Gasteiger partial charge is 0.464 e. The smallest absolute Gasteiger partial charge is 0.328 e. The molecule has 1 aromatic heterocycles. The van der Waals surface area contributed by atoms with Crippen LogP contribution in [0.15, 0.2) is 67.4 Å². The normalized spacial score (nSPS) is 11.9. The highest BCUT2D eigenvalue weighted by molar-refractivity contribution is 5.84. The zero-order chi connectivity index (χ0) is 38.8. The number of H-pyrrole nitrogens is 1. The van der Waals surface area contributed by atoms with E-state index < -0.39 is 17.1 Å². The molecule has 9 heteroatoms. The molecule has 0 saturated carbocycles. The number of rotatable bonds is 26.